The summed E-state index contributed by atoms with van der Waals surface area (Å²) < 4.78 is 21.6. The van der Waals surface area contributed by atoms with Crippen LogP contribution in [-0.4, -0.2) is 82.5 Å². The molecule has 26 heavy (non-hydrogen) atoms. The lowest BCUT2D eigenvalue weighted by molar-refractivity contribution is -0.00125. The minimum absolute atomic E-state index is 0.0271. The molecule has 0 bridgehead atoms. The summed E-state index contributed by atoms with van der Waals surface area (Å²) in [6, 6.07) is 3.89. The molecule has 0 aromatic heterocycles. The van der Waals surface area contributed by atoms with Gasteiger partial charge in [0.1, 0.15) is 0 Å². The van der Waals surface area contributed by atoms with E-state index in [-0.39, 0.29) is 5.91 Å². The minimum atomic E-state index is -0.0271. The van der Waals surface area contributed by atoms with Crippen LogP contribution in [0.3, 0.4) is 0 Å². The predicted octanol–water partition coefficient (Wildman–Crippen LogP) is 1.65. The third-order valence-electron chi connectivity index (χ3n) is 5.18. The van der Waals surface area contributed by atoms with Crippen LogP contribution < -0.4 is 14.2 Å². The smallest absolute Gasteiger partial charge is 0.257 e. The molecule has 1 aromatic rings. The Hall–Kier alpha value is -1.99. The Balaban J connectivity index is 1.80. The number of hydrogen-bond donors (Lipinski definition) is 0. The number of carbonyl (C=O) groups excluding carboxylic acids is 1. The number of benzene rings is 1. The predicted molar refractivity (Wildman–Crippen MR) is 97.4 cm³/mol. The van der Waals surface area contributed by atoms with Gasteiger partial charge in [0.25, 0.3) is 5.91 Å². The van der Waals surface area contributed by atoms with Gasteiger partial charge in [-0.1, -0.05) is 0 Å². The molecule has 3 rings (SSSR count). The Morgan fingerprint density at radius 3 is 2.42 bits per heavy atom. The van der Waals surface area contributed by atoms with Crippen molar-refractivity contribution < 1.29 is 23.7 Å². The van der Waals surface area contributed by atoms with Gasteiger partial charge in [-0.25, -0.2) is 0 Å². The third-order valence-corrected chi connectivity index (χ3v) is 5.18. The Labute approximate surface area is 154 Å². The van der Waals surface area contributed by atoms with Crippen LogP contribution >= 0.6 is 0 Å². The fraction of sp³-hybridized carbons (Fsp3) is 0.632. The molecule has 2 aliphatic rings. The molecular weight excluding hydrogens is 336 g/mol. The Morgan fingerprint density at radius 1 is 1.04 bits per heavy atom. The SMILES string of the molecule is COc1ccc(C(=O)N2CCCC(N3CCOCC3)C2)c(OC)c1OC. The number of rotatable bonds is 5. The second-order valence-corrected chi connectivity index (χ2v) is 6.58. The molecule has 2 saturated heterocycles. The number of likely N-dealkylation sites (tertiary alicyclic amines) is 1. The Kier molecular flexibility index (Phi) is 6.21. The maximum atomic E-state index is 13.2. The normalized spacial score (nSPS) is 21.3. The summed E-state index contributed by atoms with van der Waals surface area (Å²) in [4.78, 5) is 17.5. The molecule has 7 heteroatoms. The number of amides is 1. The van der Waals surface area contributed by atoms with Gasteiger partial charge >= 0.3 is 0 Å². The first-order valence-electron chi connectivity index (χ1n) is 9.09. The second-order valence-electron chi connectivity index (χ2n) is 6.58. The number of nitrogens with zero attached hydrogens (tertiary/aromatic N) is 2. The lowest BCUT2D eigenvalue weighted by Gasteiger charge is -2.41. The van der Waals surface area contributed by atoms with Gasteiger partial charge in [-0.3, -0.25) is 9.69 Å². The molecule has 1 aromatic carbocycles. The summed E-state index contributed by atoms with van der Waals surface area (Å²) >= 11 is 0. The van der Waals surface area contributed by atoms with E-state index < -0.39 is 0 Å². The molecule has 0 spiro atoms. The number of ether oxygens (including phenoxy) is 4. The fourth-order valence-corrected chi connectivity index (χ4v) is 3.82. The van der Waals surface area contributed by atoms with Gasteiger partial charge in [0.05, 0.1) is 40.1 Å². The third kappa shape index (κ3) is 3.73. The summed E-state index contributed by atoms with van der Waals surface area (Å²) in [5.74, 6) is 1.39. The standard InChI is InChI=1S/C19H28N2O5/c1-23-16-7-6-15(17(24-2)18(16)25-3)19(22)21-8-4-5-14(13-21)20-9-11-26-12-10-20/h6-7,14H,4-5,8-13H2,1-3H3. The van der Waals surface area contributed by atoms with Gasteiger partial charge in [-0.05, 0) is 25.0 Å². The van der Waals surface area contributed by atoms with Crippen molar-refractivity contribution in [2.24, 2.45) is 0 Å². The van der Waals surface area contributed by atoms with Gasteiger partial charge in [-0.2, -0.15) is 0 Å². The Bertz CT molecular complexity index is 631. The van der Waals surface area contributed by atoms with Crippen LogP contribution in [-0.2, 0) is 4.74 Å². The van der Waals surface area contributed by atoms with Crippen molar-refractivity contribution in [2.75, 3.05) is 60.7 Å². The van der Waals surface area contributed by atoms with E-state index in [0.717, 1.165) is 52.2 Å². The summed E-state index contributed by atoms with van der Waals surface area (Å²) in [6.07, 6.45) is 2.12. The van der Waals surface area contributed by atoms with Crippen LogP contribution in [0.25, 0.3) is 0 Å². The van der Waals surface area contributed by atoms with E-state index in [1.807, 2.05) is 4.90 Å². The van der Waals surface area contributed by atoms with Crippen molar-refractivity contribution in [3.63, 3.8) is 0 Å². The van der Waals surface area contributed by atoms with Crippen LogP contribution in [0.4, 0.5) is 0 Å². The largest absolute Gasteiger partial charge is 0.493 e. The molecule has 0 saturated carbocycles. The van der Waals surface area contributed by atoms with Crippen LogP contribution in [0.15, 0.2) is 12.1 Å². The summed E-state index contributed by atoms with van der Waals surface area (Å²) in [5.41, 5.74) is 0.507. The van der Waals surface area contributed by atoms with E-state index in [1.165, 1.54) is 0 Å². The fourth-order valence-electron chi connectivity index (χ4n) is 3.82. The molecule has 2 heterocycles. The molecule has 1 atom stereocenters. The molecule has 144 valence electrons. The minimum Gasteiger partial charge on any atom is -0.493 e. The molecule has 2 fully saturated rings. The van der Waals surface area contributed by atoms with Gasteiger partial charge in [0.15, 0.2) is 11.5 Å². The number of methoxy groups -OCH3 is 3. The van der Waals surface area contributed by atoms with Crippen molar-refractivity contribution >= 4 is 5.91 Å². The number of morpholine rings is 1. The van der Waals surface area contributed by atoms with E-state index >= 15 is 0 Å². The summed E-state index contributed by atoms with van der Waals surface area (Å²) in [6.45, 7) is 4.91. The first kappa shape index (κ1) is 18.8. The lowest BCUT2D eigenvalue weighted by Crippen LogP contribution is -2.52. The second kappa shape index (κ2) is 8.60. The topological polar surface area (TPSA) is 60.5 Å². The van der Waals surface area contributed by atoms with Crippen molar-refractivity contribution in [1.82, 2.24) is 9.80 Å². The maximum Gasteiger partial charge on any atom is 0.257 e. The molecule has 0 N–H and O–H groups in total. The van der Waals surface area contributed by atoms with Crippen molar-refractivity contribution in [1.29, 1.82) is 0 Å². The van der Waals surface area contributed by atoms with Crippen molar-refractivity contribution in [3.05, 3.63) is 17.7 Å². The Morgan fingerprint density at radius 2 is 1.77 bits per heavy atom. The highest BCUT2D eigenvalue weighted by Crippen LogP contribution is 2.40. The molecule has 0 aliphatic carbocycles. The van der Waals surface area contributed by atoms with Crippen LogP contribution in [0.2, 0.25) is 0 Å². The average molecular weight is 364 g/mol. The van der Waals surface area contributed by atoms with Crippen molar-refractivity contribution in [3.8, 4) is 17.2 Å². The van der Waals surface area contributed by atoms with Crippen LogP contribution in [0.5, 0.6) is 17.2 Å². The zero-order valence-electron chi connectivity index (χ0n) is 15.8. The molecule has 1 amide bonds. The quantitative estimate of drug-likeness (QED) is 0.792. The molecule has 7 nitrogen and oxygen atoms in total. The number of hydrogen-bond acceptors (Lipinski definition) is 6. The number of piperidine rings is 1. The molecule has 0 radical (unpaired) electrons. The zero-order valence-corrected chi connectivity index (χ0v) is 15.8. The zero-order chi connectivity index (χ0) is 18.5. The molecule has 1 unspecified atom stereocenters. The van der Waals surface area contributed by atoms with E-state index in [2.05, 4.69) is 4.90 Å². The lowest BCUT2D eigenvalue weighted by atomic mass is 10.0. The highest BCUT2D eigenvalue weighted by Gasteiger charge is 2.31. The van der Waals surface area contributed by atoms with Gasteiger partial charge in [-0.15, -0.1) is 0 Å². The maximum absolute atomic E-state index is 13.2. The van der Waals surface area contributed by atoms with E-state index in [4.69, 9.17) is 18.9 Å². The van der Waals surface area contributed by atoms with Crippen LogP contribution in [0, 0.1) is 0 Å². The van der Waals surface area contributed by atoms with Crippen molar-refractivity contribution in [2.45, 2.75) is 18.9 Å². The summed E-state index contributed by atoms with van der Waals surface area (Å²) in [5, 5.41) is 0. The van der Waals surface area contributed by atoms with E-state index in [0.29, 0.717) is 28.9 Å². The number of carbonyl (C=O) groups is 1. The van der Waals surface area contributed by atoms with Crippen LogP contribution in [0.1, 0.15) is 23.2 Å². The molecule has 2 aliphatic heterocycles. The van der Waals surface area contributed by atoms with E-state index in [9.17, 15) is 4.79 Å². The van der Waals surface area contributed by atoms with Gasteiger partial charge in [0.2, 0.25) is 5.75 Å². The first-order chi connectivity index (χ1) is 12.7. The monoisotopic (exact) mass is 364 g/mol. The average Bonchev–Trinajstić information content (AvgIpc) is 2.72. The first-order valence-corrected chi connectivity index (χ1v) is 9.09. The highest BCUT2D eigenvalue weighted by atomic mass is 16.5. The van der Waals surface area contributed by atoms with Gasteiger partial charge in [0, 0.05) is 32.2 Å². The van der Waals surface area contributed by atoms with E-state index in [1.54, 1.807) is 33.5 Å². The molecular formula is C19H28N2O5. The van der Waals surface area contributed by atoms with Gasteiger partial charge < -0.3 is 23.8 Å². The summed E-state index contributed by atoms with van der Waals surface area (Å²) in [7, 11) is 4.65. The highest BCUT2D eigenvalue weighted by molar-refractivity contribution is 5.98.